The van der Waals surface area contributed by atoms with Crippen LogP contribution in [-0.4, -0.2) is 14.8 Å². The number of rotatable bonds is 4. The van der Waals surface area contributed by atoms with E-state index in [0.29, 0.717) is 40.8 Å². The molecule has 0 bridgehead atoms. The summed E-state index contributed by atoms with van der Waals surface area (Å²) in [7, 11) is 0. The number of aromatic nitrogens is 3. The highest BCUT2D eigenvalue weighted by Crippen LogP contribution is 2.36. The van der Waals surface area contributed by atoms with Gasteiger partial charge < -0.3 is 5.32 Å². The fraction of sp³-hybridized carbons (Fsp3) is 0.333. The number of hydrogen-bond acceptors (Lipinski definition) is 4. The van der Waals surface area contributed by atoms with E-state index in [2.05, 4.69) is 15.4 Å². The summed E-state index contributed by atoms with van der Waals surface area (Å²) in [4.78, 5) is 4.99. The molecule has 9 heteroatoms. The third-order valence-electron chi connectivity index (χ3n) is 4.55. The Kier molecular flexibility index (Phi) is 4.86. The summed E-state index contributed by atoms with van der Waals surface area (Å²) in [6, 6.07) is 7.23. The van der Waals surface area contributed by atoms with Gasteiger partial charge in [-0.05, 0) is 49.9 Å². The van der Waals surface area contributed by atoms with E-state index in [1.165, 1.54) is 16.0 Å². The van der Waals surface area contributed by atoms with E-state index < -0.39 is 11.9 Å². The van der Waals surface area contributed by atoms with Gasteiger partial charge in [-0.25, -0.2) is 9.67 Å². The Labute approximate surface area is 163 Å². The molecule has 0 aliphatic heterocycles. The fourth-order valence-electron chi connectivity index (χ4n) is 3.32. The minimum absolute atomic E-state index is 0.345. The molecule has 0 radical (unpaired) electrons. The van der Waals surface area contributed by atoms with Gasteiger partial charge in [-0.15, -0.1) is 11.3 Å². The molecule has 0 atom stereocenters. The molecule has 2 heterocycles. The van der Waals surface area contributed by atoms with Crippen molar-refractivity contribution in [3.05, 3.63) is 56.8 Å². The van der Waals surface area contributed by atoms with Gasteiger partial charge in [0.05, 0.1) is 12.2 Å². The Morgan fingerprint density at radius 1 is 1.15 bits per heavy atom. The van der Waals surface area contributed by atoms with Crippen molar-refractivity contribution in [1.29, 1.82) is 0 Å². The average molecular weight is 413 g/mol. The number of nitrogens with one attached hydrogen (secondary N) is 1. The maximum absolute atomic E-state index is 13.3. The molecule has 0 spiro atoms. The van der Waals surface area contributed by atoms with Crippen molar-refractivity contribution >= 4 is 28.6 Å². The van der Waals surface area contributed by atoms with E-state index in [-0.39, 0.29) is 0 Å². The van der Waals surface area contributed by atoms with Gasteiger partial charge in [-0.3, -0.25) is 0 Å². The van der Waals surface area contributed by atoms with Crippen LogP contribution in [-0.2, 0) is 25.6 Å². The SMILES string of the molecule is FC(F)(F)c1nn(-c2ccc(NCc3cnc(Cl)s3)cc2)c2c1CCCC2. The molecule has 1 aliphatic carbocycles. The normalized spacial score (nSPS) is 14.2. The molecule has 3 aromatic rings. The molecule has 27 heavy (non-hydrogen) atoms. The molecule has 4 rings (SSSR count). The van der Waals surface area contributed by atoms with Crippen molar-refractivity contribution in [2.45, 2.75) is 38.4 Å². The zero-order chi connectivity index (χ0) is 19.0. The number of hydrogen-bond donors (Lipinski definition) is 1. The molecule has 0 fully saturated rings. The van der Waals surface area contributed by atoms with Crippen molar-refractivity contribution in [2.24, 2.45) is 0 Å². The number of thiazole rings is 1. The van der Waals surface area contributed by atoms with Gasteiger partial charge in [-0.1, -0.05) is 11.6 Å². The Balaban J connectivity index is 1.58. The van der Waals surface area contributed by atoms with E-state index in [1.54, 1.807) is 18.3 Å². The zero-order valence-corrected chi connectivity index (χ0v) is 15.8. The van der Waals surface area contributed by atoms with Crippen molar-refractivity contribution < 1.29 is 13.2 Å². The van der Waals surface area contributed by atoms with Crippen molar-refractivity contribution in [3.8, 4) is 5.69 Å². The van der Waals surface area contributed by atoms with Crippen molar-refractivity contribution in [2.75, 3.05) is 5.32 Å². The summed E-state index contributed by atoms with van der Waals surface area (Å²) in [5, 5.41) is 7.16. The quantitative estimate of drug-likeness (QED) is 0.616. The average Bonchev–Trinajstić information content (AvgIpc) is 3.24. The second kappa shape index (κ2) is 7.16. The molecule has 0 saturated carbocycles. The predicted octanol–water partition coefficient (Wildman–Crippen LogP) is 5.49. The Hall–Kier alpha value is -2.06. The van der Waals surface area contributed by atoms with Crippen LogP contribution in [0.2, 0.25) is 4.47 Å². The van der Waals surface area contributed by atoms with E-state index >= 15 is 0 Å². The zero-order valence-electron chi connectivity index (χ0n) is 14.2. The number of nitrogens with zero attached hydrogens (tertiary/aromatic N) is 3. The van der Waals surface area contributed by atoms with Gasteiger partial charge in [0.2, 0.25) is 0 Å². The van der Waals surface area contributed by atoms with Crippen LogP contribution >= 0.6 is 22.9 Å². The van der Waals surface area contributed by atoms with Gasteiger partial charge in [0.1, 0.15) is 0 Å². The maximum atomic E-state index is 13.3. The van der Waals surface area contributed by atoms with Crippen molar-refractivity contribution in [3.63, 3.8) is 0 Å². The standard InChI is InChI=1S/C18H16ClF3N4S/c19-17-24-10-13(27-17)9-23-11-5-7-12(8-6-11)26-15-4-2-1-3-14(15)16(25-26)18(20,21)22/h5-8,10,23H,1-4,9H2. The summed E-state index contributed by atoms with van der Waals surface area (Å²) in [5.41, 5.74) is 1.77. The number of benzene rings is 1. The highest BCUT2D eigenvalue weighted by molar-refractivity contribution is 7.15. The number of alkyl halides is 3. The lowest BCUT2D eigenvalue weighted by molar-refractivity contribution is -0.142. The highest BCUT2D eigenvalue weighted by atomic mass is 35.5. The first-order valence-corrected chi connectivity index (χ1v) is 9.74. The minimum Gasteiger partial charge on any atom is -0.380 e. The van der Waals surface area contributed by atoms with Crippen LogP contribution in [0.1, 0.15) is 34.7 Å². The molecule has 1 aromatic carbocycles. The first kappa shape index (κ1) is 18.3. The molecule has 142 valence electrons. The molecular weight excluding hydrogens is 397 g/mol. The lowest BCUT2D eigenvalue weighted by atomic mass is 9.95. The first-order valence-electron chi connectivity index (χ1n) is 8.54. The van der Waals surface area contributed by atoms with E-state index in [9.17, 15) is 13.2 Å². The van der Waals surface area contributed by atoms with Crippen LogP contribution in [0.25, 0.3) is 5.69 Å². The summed E-state index contributed by atoms with van der Waals surface area (Å²) < 4.78 is 41.9. The van der Waals surface area contributed by atoms with Crippen LogP contribution in [0.3, 0.4) is 0 Å². The largest absolute Gasteiger partial charge is 0.435 e. The third kappa shape index (κ3) is 3.82. The lowest BCUT2D eigenvalue weighted by Gasteiger charge is -2.15. The maximum Gasteiger partial charge on any atom is 0.435 e. The van der Waals surface area contributed by atoms with Crippen LogP contribution in [0.5, 0.6) is 0 Å². The van der Waals surface area contributed by atoms with Gasteiger partial charge >= 0.3 is 6.18 Å². The minimum atomic E-state index is -4.43. The highest BCUT2D eigenvalue weighted by Gasteiger charge is 2.39. The summed E-state index contributed by atoms with van der Waals surface area (Å²) in [6.45, 7) is 0.582. The Morgan fingerprint density at radius 2 is 1.89 bits per heavy atom. The second-order valence-electron chi connectivity index (χ2n) is 6.37. The van der Waals surface area contributed by atoms with Crippen LogP contribution < -0.4 is 5.32 Å². The molecule has 0 saturated heterocycles. The third-order valence-corrected chi connectivity index (χ3v) is 5.67. The Bertz CT molecular complexity index is 947. The summed E-state index contributed by atoms with van der Waals surface area (Å²) >= 11 is 7.21. The fourth-order valence-corrected chi connectivity index (χ4v) is 4.23. The topological polar surface area (TPSA) is 42.7 Å². The van der Waals surface area contributed by atoms with Gasteiger partial charge in [0.25, 0.3) is 0 Å². The number of halogens is 4. The second-order valence-corrected chi connectivity index (χ2v) is 8.07. The number of fused-ring (bicyclic) bond motifs is 1. The first-order chi connectivity index (χ1) is 12.9. The van der Waals surface area contributed by atoms with Crippen LogP contribution in [0, 0.1) is 0 Å². The summed E-state index contributed by atoms with van der Waals surface area (Å²) in [6.07, 6.45) is -0.0156. The predicted molar refractivity (Wildman–Crippen MR) is 99.7 cm³/mol. The van der Waals surface area contributed by atoms with E-state index in [1.807, 2.05) is 12.1 Å². The molecule has 0 unspecified atom stereocenters. The summed E-state index contributed by atoms with van der Waals surface area (Å²) in [5.74, 6) is 0. The smallest absolute Gasteiger partial charge is 0.380 e. The van der Waals surface area contributed by atoms with E-state index in [0.717, 1.165) is 23.4 Å². The molecule has 1 aliphatic rings. The molecule has 4 nitrogen and oxygen atoms in total. The Morgan fingerprint density at radius 3 is 2.56 bits per heavy atom. The monoisotopic (exact) mass is 412 g/mol. The van der Waals surface area contributed by atoms with Gasteiger partial charge in [0.15, 0.2) is 10.2 Å². The van der Waals surface area contributed by atoms with E-state index in [4.69, 9.17) is 11.6 Å². The lowest BCUT2D eigenvalue weighted by Crippen LogP contribution is -2.11. The molecular formula is C18H16ClF3N4S. The van der Waals surface area contributed by atoms with Crippen LogP contribution in [0.4, 0.5) is 18.9 Å². The number of anilines is 1. The van der Waals surface area contributed by atoms with Crippen molar-refractivity contribution in [1.82, 2.24) is 14.8 Å². The van der Waals surface area contributed by atoms with Gasteiger partial charge in [-0.2, -0.15) is 18.3 Å². The molecule has 2 aromatic heterocycles. The van der Waals surface area contributed by atoms with Gasteiger partial charge in [0, 0.05) is 28.0 Å². The molecule has 1 N–H and O–H groups in total. The van der Waals surface area contributed by atoms with Crippen LogP contribution in [0.15, 0.2) is 30.5 Å². The molecule has 0 amide bonds.